The van der Waals surface area contributed by atoms with Crippen molar-refractivity contribution in [1.82, 2.24) is 0 Å². The van der Waals surface area contributed by atoms with Gasteiger partial charge in [0.15, 0.2) is 82.2 Å². The number of benzene rings is 5. The van der Waals surface area contributed by atoms with E-state index in [0.29, 0.717) is 5.56 Å². The standard InChI is InChI=1S/C24BF20.C15H13N2O4/c26-5-1(6(27)14(35)21(42)13(5)34)25(2-7(28)15(36)22(43)16(37)8(2)29,3-9(30)17(38)23(44)18(39)10(3)31)4-11(32)19(40)24(45)20(41)12(4)33;18-14(12-4-2-1-3-5-12)10-16-8-6-13(7-9-16)15(19)11-17(20)21/h;1-9H,10-11H2/q-1;+1. The number of nitro groups is 1. The van der Waals surface area contributed by atoms with Gasteiger partial charge in [0.25, 0.3) is 6.54 Å². The number of carbonyl (C=O) groups is 2. The summed E-state index contributed by atoms with van der Waals surface area (Å²) in [6, 6.07) is 11.8. The van der Waals surface area contributed by atoms with Crippen LogP contribution in [-0.4, -0.2) is 29.2 Å². The molecule has 1 heterocycles. The molecule has 5 aromatic carbocycles. The second kappa shape index (κ2) is 18.6. The average Bonchev–Trinajstić information content (AvgIpc) is 3.29. The van der Waals surface area contributed by atoms with Crippen LogP contribution in [0.4, 0.5) is 87.8 Å². The van der Waals surface area contributed by atoms with E-state index in [2.05, 4.69) is 0 Å². The van der Waals surface area contributed by atoms with Gasteiger partial charge in [-0.15, -0.1) is 21.9 Å². The van der Waals surface area contributed by atoms with Gasteiger partial charge in [-0.2, -0.15) is 4.57 Å². The molecule has 0 amide bonds. The van der Waals surface area contributed by atoms with Crippen molar-refractivity contribution >= 4 is 39.6 Å². The van der Waals surface area contributed by atoms with Crippen LogP contribution in [0.3, 0.4) is 0 Å². The first-order valence-corrected chi connectivity index (χ1v) is 17.2. The fourth-order valence-corrected chi connectivity index (χ4v) is 6.71. The lowest BCUT2D eigenvalue weighted by atomic mass is 9.12. The molecular formula is C39H13BF20N2O4. The molecule has 0 N–H and O–H groups in total. The molecule has 0 unspecified atom stereocenters. The summed E-state index contributed by atoms with van der Waals surface area (Å²) in [6.07, 6.45) is -4.09. The van der Waals surface area contributed by atoms with E-state index in [0.717, 1.165) is 0 Å². The highest BCUT2D eigenvalue weighted by atomic mass is 19.2. The van der Waals surface area contributed by atoms with Crippen LogP contribution < -0.4 is 26.4 Å². The fraction of sp³-hybridized carbons (Fsp3) is 0.0513. The highest BCUT2D eigenvalue weighted by Gasteiger charge is 2.52. The molecule has 6 rings (SSSR count). The van der Waals surface area contributed by atoms with Gasteiger partial charge < -0.3 is 0 Å². The minimum absolute atomic E-state index is 0.0510. The Morgan fingerprint density at radius 3 is 0.894 bits per heavy atom. The summed E-state index contributed by atoms with van der Waals surface area (Å²) in [6.45, 7) is -0.583. The largest absolute Gasteiger partial charge is 0.287 e. The van der Waals surface area contributed by atoms with Crippen LogP contribution in [0.1, 0.15) is 20.7 Å². The lowest BCUT2D eigenvalue weighted by molar-refractivity contribution is -0.683. The Labute approximate surface area is 352 Å². The maximum absolute atomic E-state index is 15.4. The molecule has 6 aromatic rings. The molecule has 0 atom stereocenters. The van der Waals surface area contributed by atoms with Crippen LogP contribution in [0.15, 0.2) is 54.9 Å². The van der Waals surface area contributed by atoms with Gasteiger partial charge >= 0.3 is 0 Å². The van der Waals surface area contributed by atoms with Crippen LogP contribution in [-0.2, 0) is 6.54 Å². The molecule has 0 aliphatic rings. The maximum Gasteiger partial charge on any atom is 0.265 e. The van der Waals surface area contributed by atoms with Crippen molar-refractivity contribution in [2.24, 2.45) is 0 Å². The third-order valence-electron chi connectivity index (χ3n) is 9.61. The summed E-state index contributed by atoms with van der Waals surface area (Å²) in [4.78, 5) is 33.1. The lowest BCUT2D eigenvalue weighted by Gasteiger charge is -2.44. The number of hydrogen-bond donors (Lipinski definition) is 0. The van der Waals surface area contributed by atoms with E-state index in [4.69, 9.17) is 0 Å². The zero-order chi connectivity index (χ0) is 49.6. The first-order chi connectivity index (χ1) is 30.8. The zero-order valence-corrected chi connectivity index (χ0v) is 31.3. The van der Waals surface area contributed by atoms with Crippen molar-refractivity contribution in [3.05, 3.63) is 192 Å². The lowest BCUT2D eigenvalue weighted by Crippen LogP contribution is -2.81. The molecule has 0 radical (unpaired) electrons. The number of Topliss-reactive ketones (excluding diaryl/α,β-unsaturated/α-hetero) is 2. The Morgan fingerprint density at radius 1 is 0.394 bits per heavy atom. The second-order valence-electron chi connectivity index (χ2n) is 13.3. The molecule has 27 heteroatoms. The third kappa shape index (κ3) is 8.16. The molecular weight excluding hydrogens is 951 g/mol. The summed E-state index contributed by atoms with van der Waals surface area (Å²) in [5.41, 5.74) is -13.5. The van der Waals surface area contributed by atoms with Gasteiger partial charge in [-0.3, -0.25) is 19.7 Å². The van der Waals surface area contributed by atoms with Crippen molar-refractivity contribution in [2.45, 2.75) is 6.54 Å². The predicted octanol–water partition coefficient (Wildman–Crippen LogP) is 7.16. The molecule has 0 saturated carbocycles. The van der Waals surface area contributed by atoms with Crippen LogP contribution in [0.5, 0.6) is 0 Å². The summed E-state index contributed by atoms with van der Waals surface area (Å²) in [7, 11) is 0. The SMILES string of the molecule is Fc1c(F)c(F)c([B-](c2c(F)c(F)c(F)c(F)c2F)(c2c(F)c(F)c(F)c(F)c2F)c2c(F)c(F)c(F)c(F)c2F)c(F)c1F.O=C(C[N+](=O)[O-])c1cc[n+](CC(=O)c2ccccc2)cc1. The van der Waals surface area contributed by atoms with Crippen molar-refractivity contribution in [3.63, 3.8) is 0 Å². The number of hydrogen-bond acceptors (Lipinski definition) is 4. The van der Waals surface area contributed by atoms with E-state index < -0.39 is 162 Å². The van der Waals surface area contributed by atoms with Gasteiger partial charge in [0.1, 0.15) is 52.7 Å². The molecule has 6 nitrogen and oxygen atoms in total. The van der Waals surface area contributed by atoms with Crippen molar-refractivity contribution in [2.75, 3.05) is 6.54 Å². The van der Waals surface area contributed by atoms with Crippen molar-refractivity contribution < 1.29 is 107 Å². The second-order valence-corrected chi connectivity index (χ2v) is 13.3. The van der Waals surface area contributed by atoms with E-state index in [1.807, 2.05) is 6.07 Å². The fourth-order valence-electron chi connectivity index (χ4n) is 6.71. The number of halogens is 20. The number of nitrogens with zero attached hydrogens (tertiary/aromatic N) is 2. The molecule has 0 saturated heterocycles. The van der Waals surface area contributed by atoms with Crippen molar-refractivity contribution in [3.8, 4) is 0 Å². The molecule has 0 bridgehead atoms. The zero-order valence-electron chi connectivity index (χ0n) is 31.3. The Balaban J connectivity index is 0.000000324. The Hall–Kier alpha value is -7.35. The summed E-state index contributed by atoms with van der Waals surface area (Å²) in [5.74, 6) is -72.0. The summed E-state index contributed by atoms with van der Waals surface area (Å²) in [5, 5.41) is 10.3. The van der Waals surface area contributed by atoms with Gasteiger partial charge in [-0.05, 0) is 0 Å². The maximum atomic E-state index is 15.4. The highest BCUT2D eigenvalue weighted by Crippen LogP contribution is 2.30. The molecule has 346 valence electrons. The minimum Gasteiger partial charge on any atom is -0.287 e. The van der Waals surface area contributed by atoms with Crippen LogP contribution in [0.2, 0.25) is 0 Å². The van der Waals surface area contributed by atoms with E-state index in [1.165, 1.54) is 12.1 Å². The molecule has 1 aromatic heterocycles. The van der Waals surface area contributed by atoms with Gasteiger partial charge in [0.05, 0.1) is 0 Å². The van der Waals surface area contributed by atoms with Gasteiger partial charge in [-0.25, -0.2) is 87.8 Å². The summed E-state index contributed by atoms with van der Waals surface area (Å²) < 4.78 is 296. The van der Waals surface area contributed by atoms with E-state index in [-0.39, 0.29) is 17.9 Å². The Kier molecular flexibility index (Phi) is 14.0. The quantitative estimate of drug-likeness (QED) is 0.0214. The number of rotatable bonds is 10. The molecule has 66 heavy (non-hydrogen) atoms. The minimum atomic E-state index is -7.22. The number of ketones is 2. The van der Waals surface area contributed by atoms with Gasteiger partial charge in [0, 0.05) is 28.2 Å². The van der Waals surface area contributed by atoms with E-state index >= 15 is 35.1 Å². The highest BCUT2D eigenvalue weighted by molar-refractivity contribution is 7.20. The monoisotopic (exact) mass is 964 g/mol. The van der Waals surface area contributed by atoms with Crippen LogP contribution >= 0.6 is 0 Å². The summed E-state index contributed by atoms with van der Waals surface area (Å²) >= 11 is 0. The first-order valence-electron chi connectivity index (χ1n) is 17.2. The number of carbonyl (C=O) groups excluding carboxylic acids is 2. The third-order valence-corrected chi connectivity index (χ3v) is 9.61. The average molecular weight is 964 g/mol. The molecule has 0 fully saturated rings. The topological polar surface area (TPSA) is 81.2 Å². The van der Waals surface area contributed by atoms with E-state index in [1.54, 1.807) is 41.2 Å². The molecule has 0 aliphatic heterocycles. The van der Waals surface area contributed by atoms with Crippen LogP contribution in [0.25, 0.3) is 0 Å². The van der Waals surface area contributed by atoms with Crippen molar-refractivity contribution in [1.29, 1.82) is 0 Å². The Bertz CT molecular complexity index is 2610. The number of aromatic nitrogens is 1. The predicted molar refractivity (Wildman–Crippen MR) is 183 cm³/mol. The van der Waals surface area contributed by atoms with Gasteiger partial charge in [0.2, 0.25) is 18.1 Å². The molecule has 0 spiro atoms. The van der Waals surface area contributed by atoms with Crippen LogP contribution in [0, 0.1) is 126 Å². The Morgan fingerprint density at radius 2 is 0.636 bits per heavy atom. The molecule has 0 aliphatic carbocycles. The normalized spacial score (nSPS) is 11.4. The first kappa shape index (κ1) is 49.7. The van der Waals surface area contributed by atoms with E-state index in [9.17, 15) is 72.4 Å². The smallest absolute Gasteiger partial charge is 0.265 e. The number of pyridine rings is 1. The van der Waals surface area contributed by atoms with Gasteiger partial charge in [-0.1, -0.05) is 30.3 Å².